The van der Waals surface area contributed by atoms with Crippen LogP contribution in [0.15, 0.2) is 22.8 Å². The van der Waals surface area contributed by atoms with Gasteiger partial charge in [-0.1, -0.05) is 13.8 Å². The van der Waals surface area contributed by atoms with E-state index in [9.17, 15) is 4.79 Å². The Labute approximate surface area is 77.9 Å². The molecule has 1 atom stereocenters. The number of furan rings is 1. The first-order valence-electron chi connectivity index (χ1n) is 4.43. The Bertz CT molecular complexity index is 264. The zero-order chi connectivity index (χ0) is 9.84. The molecule has 0 saturated carbocycles. The van der Waals surface area contributed by atoms with Crippen LogP contribution >= 0.6 is 0 Å². The molecule has 0 aliphatic carbocycles. The maximum absolute atomic E-state index is 10.8. The van der Waals surface area contributed by atoms with Crippen LogP contribution in [0.4, 0.5) is 0 Å². The van der Waals surface area contributed by atoms with E-state index in [4.69, 9.17) is 10.2 Å². The Morgan fingerprint density at radius 1 is 1.62 bits per heavy atom. The Hall–Kier alpha value is -1.25. The van der Waals surface area contributed by atoms with E-state index in [-0.39, 0.29) is 11.8 Å². The zero-order valence-corrected chi connectivity index (χ0v) is 7.99. The number of hydrogen-bond acceptors (Lipinski definition) is 2. The predicted molar refractivity (Wildman–Crippen MR) is 50.1 cm³/mol. The topological polar surface area (TPSA) is 56.2 Å². The van der Waals surface area contributed by atoms with Gasteiger partial charge >= 0.3 is 0 Å². The summed E-state index contributed by atoms with van der Waals surface area (Å²) in [5, 5.41) is 0. The van der Waals surface area contributed by atoms with E-state index >= 15 is 0 Å². The van der Waals surface area contributed by atoms with Crippen molar-refractivity contribution in [3.8, 4) is 0 Å². The van der Waals surface area contributed by atoms with Crippen molar-refractivity contribution >= 4 is 5.91 Å². The van der Waals surface area contributed by atoms with E-state index in [2.05, 4.69) is 13.8 Å². The highest BCUT2D eigenvalue weighted by Gasteiger charge is 2.20. The monoisotopic (exact) mass is 181 g/mol. The summed E-state index contributed by atoms with van der Waals surface area (Å²) >= 11 is 0. The fourth-order valence-corrected chi connectivity index (χ4v) is 1.38. The Morgan fingerprint density at radius 3 is 2.69 bits per heavy atom. The van der Waals surface area contributed by atoms with Crippen LogP contribution in [0.5, 0.6) is 0 Å². The lowest BCUT2D eigenvalue weighted by atomic mass is 9.90. The quantitative estimate of drug-likeness (QED) is 0.771. The highest BCUT2D eigenvalue weighted by atomic mass is 16.3. The molecule has 0 fully saturated rings. The second-order valence-corrected chi connectivity index (χ2v) is 3.54. The van der Waals surface area contributed by atoms with E-state index in [1.54, 1.807) is 6.26 Å². The van der Waals surface area contributed by atoms with Gasteiger partial charge in [0.25, 0.3) is 0 Å². The number of hydrogen-bond donors (Lipinski definition) is 1. The lowest BCUT2D eigenvalue weighted by molar-refractivity contribution is -0.118. The van der Waals surface area contributed by atoms with Crippen molar-refractivity contribution in [2.24, 2.45) is 11.7 Å². The summed E-state index contributed by atoms with van der Waals surface area (Å²) in [5.41, 5.74) is 5.16. The van der Waals surface area contributed by atoms with Crippen molar-refractivity contribution < 1.29 is 9.21 Å². The van der Waals surface area contributed by atoms with Crippen molar-refractivity contribution in [2.75, 3.05) is 0 Å². The molecular weight excluding hydrogens is 166 g/mol. The first kappa shape index (κ1) is 9.84. The Morgan fingerprint density at radius 2 is 2.31 bits per heavy atom. The van der Waals surface area contributed by atoms with E-state index in [1.807, 2.05) is 12.1 Å². The van der Waals surface area contributed by atoms with Crippen LogP contribution in [-0.2, 0) is 4.79 Å². The molecule has 0 aromatic carbocycles. The molecule has 0 unspecified atom stereocenters. The third-order valence-corrected chi connectivity index (χ3v) is 2.13. The van der Waals surface area contributed by atoms with E-state index in [0.717, 1.165) is 5.76 Å². The molecule has 0 spiro atoms. The fourth-order valence-electron chi connectivity index (χ4n) is 1.38. The number of carbonyl (C=O) groups is 1. The summed E-state index contributed by atoms with van der Waals surface area (Å²) in [6, 6.07) is 3.71. The Balaban J connectivity index is 2.74. The minimum atomic E-state index is -0.282. The van der Waals surface area contributed by atoms with Crippen LogP contribution in [0.1, 0.15) is 31.9 Å². The molecule has 1 heterocycles. The standard InChI is InChI=1S/C10H15NO2/c1-7(2)8(6-10(11)12)9-4-3-5-13-9/h3-5,7-8H,6H2,1-2H3,(H2,11,12)/t8-/m1/s1. The zero-order valence-electron chi connectivity index (χ0n) is 7.99. The van der Waals surface area contributed by atoms with Gasteiger partial charge in [0.15, 0.2) is 0 Å². The molecule has 72 valence electrons. The van der Waals surface area contributed by atoms with Crippen molar-refractivity contribution in [3.05, 3.63) is 24.2 Å². The number of rotatable bonds is 4. The highest BCUT2D eigenvalue weighted by molar-refractivity contribution is 5.74. The first-order valence-corrected chi connectivity index (χ1v) is 4.43. The van der Waals surface area contributed by atoms with Gasteiger partial charge in [-0.15, -0.1) is 0 Å². The largest absolute Gasteiger partial charge is 0.469 e. The van der Waals surface area contributed by atoms with Gasteiger partial charge in [0, 0.05) is 12.3 Å². The van der Waals surface area contributed by atoms with Crippen molar-refractivity contribution in [2.45, 2.75) is 26.2 Å². The van der Waals surface area contributed by atoms with Gasteiger partial charge in [-0.3, -0.25) is 4.79 Å². The van der Waals surface area contributed by atoms with Gasteiger partial charge in [-0.25, -0.2) is 0 Å². The minimum Gasteiger partial charge on any atom is -0.469 e. The molecule has 1 amide bonds. The summed E-state index contributed by atoms with van der Waals surface area (Å²) in [7, 11) is 0. The summed E-state index contributed by atoms with van der Waals surface area (Å²) in [6.45, 7) is 4.10. The van der Waals surface area contributed by atoms with Crippen molar-refractivity contribution in [1.29, 1.82) is 0 Å². The van der Waals surface area contributed by atoms with Crippen LogP contribution < -0.4 is 5.73 Å². The minimum absolute atomic E-state index is 0.104. The summed E-state index contributed by atoms with van der Waals surface area (Å²) < 4.78 is 5.25. The van der Waals surface area contributed by atoms with Crippen LogP contribution in [0.2, 0.25) is 0 Å². The van der Waals surface area contributed by atoms with Crippen molar-refractivity contribution in [1.82, 2.24) is 0 Å². The normalized spacial score (nSPS) is 13.2. The molecule has 0 radical (unpaired) electrons. The lowest BCUT2D eigenvalue weighted by Crippen LogP contribution is -2.18. The molecule has 2 N–H and O–H groups in total. The van der Waals surface area contributed by atoms with Gasteiger partial charge in [0.05, 0.1) is 6.26 Å². The maximum atomic E-state index is 10.8. The van der Waals surface area contributed by atoms with Gasteiger partial charge < -0.3 is 10.2 Å². The number of carbonyl (C=O) groups excluding carboxylic acids is 1. The average Bonchev–Trinajstić information content (AvgIpc) is 2.50. The van der Waals surface area contributed by atoms with Crippen molar-refractivity contribution in [3.63, 3.8) is 0 Å². The summed E-state index contributed by atoms with van der Waals surface area (Å²) in [4.78, 5) is 10.8. The van der Waals surface area contributed by atoms with Crippen LogP contribution in [-0.4, -0.2) is 5.91 Å². The van der Waals surface area contributed by atoms with Gasteiger partial charge in [0.2, 0.25) is 5.91 Å². The molecule has 0 saturated heterocycles. The first-order chi connectivity index (χ1) is 6.11. The van der Waals surface area contributed by atoms with E-state index < -0.39 is 0 Å². The van der Waals surface area contributed by atoms with E-state index in [1.165, 1.54) is 0 Å². The molecule has 0 aliphatic rings. The van der Waals surface area contributed by atoms with Crippen LogP contribution in [0.3, 0.4) is 0 Å². The van der Waals surface area contributed by atoms with Gasteiger partial charge in [0.1, 0.15) is 5.76 Å². The molecule has 1 rings (SSSR count). The predicted octanol–water partition coefficient (Wildman–Crippen LogP) is 1.89. The second-order valence-electron chi connectivity index (χ2n) is 3.54. The molecule has 3 heteroatoms. The molecule has 13 heavy (non-hydrogen) atoms. The third kappa shape index (κ3) is 2.61. The van der Waals surface area contributed by atoms with Gasteiger partial charge in [-0.05, 0) is 18.1 Å². The van der Waals surface area contributed by atoms with Crippen LogP contribution in [0.25, 0.3) is 0 Å². The maximum Gasteiger partial charge on any atom is 0.218 e. The third-order valence-electron chi connectivity index (χ3n) is 2.13. The smallest absolute Gasteiger partial charge is 0.218 e. The number of primary amides is 1. The molecular formula is C10H15NO2. The van der Waals surface area contributed by atoms with Crippen LogP contribution in [0, 0.1) is 5.92 Å². The number of nitrogens with two attached hydrogens (primary N) is 1. The summed E-state index contributed by atoms with van der Waals surface area (Å²) in [5.74, 6) is 1.02. The van der Waals surface area contributed by atoms with Gasteiger partial charge in [-0.2, -0.15) is 0 Å². The molecule has 1 aromatic heterocycles. The fraction of sp³-hybridized carbons (Fsp3) is 0.500. The highest BCUT2D eigenvalue weighted by Crippen LogP contribution is 2.27. The molecule has 0 aliphatic heterocycles. The lowest BCUT2D eigenvalue weighted by Gasteiger charge is -2.16. The molecule has 1 aromatic rings. The second kappa shape index (κ2) is 4.12. The molecule has 3 nitrogen and oxygen atoms in total. The Kier molecular flexibility index (Phi) is 3.12. The summed E-state index contributed by atoms with van der Waals surface area (Å²) in [6.07, 6.45) is 1.97. The SMILES string of the molecule is CC(C)[C@@H](CC(N)=O)c1ccco1. The number of amides is 1. The molecule has 0 bridgehead atoms. The average molecular weight is 181 g/mol. The van der Waals surface area contributed by atoms with E-state index in [0.29, 0.717) is 12.3 Å².